The molecule has 1 aromatic carbocycles. The topological polar surface area (TPSA) is 17.1 Å². The predicted molar refractivity (Wildman–Crippen MR) is 65.4 cm³/mol. The van der Waals surface area contributed by atoms with Crippen molar-refractivity contribution in [3.8, 4) is 0 Å². The average molecular weight is 288 g/mol. The van der Waals surface area contributed by atoms with Crippen LogP contribution >= 0.6 is 27.5 Å². The largest absolute Gasteiger partial charge is 0.293 e. The Morgan fingerprint density at radius 1 is 1.53 bits per heavy atom. The van der Waals surface area contributed by atoms with Gasteiger partial charge in [-0.2, -0.15) is 0 Å². The number of ketones is 1. The van der Waals surface area contributed by atoms with Crippen LogP contribution in [-0.4, -0.2) is 5.78 Å². The Hall–Kier alpha value is -0.340. The summed E-state index contributed by atoms with van der Waals surface area (Å²) in [6, 6.07) is 5.48. The number of halogens is 2. The molecule has 0 heterocycles. The van der Waals surface area contributed by atoms with Crippen LogP contribution in [0.4, 0.5) is 0 Å². The first kappa shape index (κ1) is 11.2. The van der Waals surface area contributed by atoms with E-state index in [2.05, 4.69) is 22.9 Å². The van der Waals surface area contributed by atoms with E-state index in [1.165, 1.54) is 0 Å². The molecule has 0 bridgehead atoms. The summed E-state index contributed by atoms with van der Waals surface area (Å²) in [6.45, 7) is 2.07. The third-order valence-electron chi connectivity index (χ3n) is 3.20. The standard InChI is InChI=1S/C12H12BrClO/c1-2-12(6-7-12)11(15)10-8(13)4-3-5-9(10)14/h3-5H,2,6-7H2,1H3. The van der Waals surface area contributed by atoms with Crippen molar-refractivity contribution >= 4 is 33.3 Å². The monoisotopic (exact) mass is 286 g/mol. The van der Waals surface area contributed by atoms with Crippen LogP contribution in [0.2, 0.25) is 5.02 Å². The molecular weight excluding hydrogens is 275 g/mol. The van der Waals surface area contributed by atoms with Crippen LogP contribution in [0.15, 0.2) is 22.7 Å². The quantitative estimate of drug-likeness (QED) is 0.749. The van der Waals surface area contributed by atoms with E-state index in [4.69, 9.17) is 11.6 Å². The van der Waals surface area contributed by atoms with Gasteiger partial charge >= 0.3 is 0 Å². The molecule has 0 atom stereocenters. The van der Waals surface area contributed by atoms with Crippen molar-refractivity contribution in [2.75, 3.05) is 0 Å². The van der Waals surface area contributed by atoms with E-state index in [1.54, 1.807) is 6.07 Å². The highest BCUT2D eigenvalue weighted by Crippen LogP contribution is 2.52. The summed E-state index contributed by atoms with van der Waals surface area (Å²) in [4.78, 5) is 12.3. The van der Waals surface area contributed by atoms with Crippen molar-refractivity contribution in [2.45, 2.75) is 26.2 Å². The lowest BCUT2D eigenvalue weighted by molar-refractivity contribution is 0.0896. The maximum atomic E-state index is 12.3. The molecule has 3 heteroatoms. The number of benzene rings is 1. The molecule has 1 aliphatic carbocycles. The summed E-state index contributed by atoms with van der Waals surface area (Å²) in [5.41, 5.74) is 0.534. The molecule has 0 amide bonds. The second-order valence-corrected chi connectivity index (χ2v) is 5.32. The first-order valence-electron chi connectivity index (χ1n) is 5.09. The van der Waals surface area contributed by atoms with Crippen molar-refractivity contribution in [2.24, 2.45) is 5.41 Å². The molecule has 0 saturated heterocycles. The maximum Gasteiger partial charge on any atom is 0.171 e. The van der Waals surface area contributed by atoms with Crippen LogP contribution in [0.3, 0.4) is 0 Å². The summed E-state index contributed by atoms with van der Waals surface area (Å²) in [7, 11) is 0. The number of rotatable bonds is 3. The molecule has 1 nitrogen and oxygen atoms in total. The van der Waals surface area contributed by atoms with E-state index in [1.807, 2.05) is 12.1 Å². The molecule has 0 aromatic heterocycles. The van der Waals surface area contributed by atoms with Gasteiger partial charge in [0.15, 0.2) is 5.78 Å². The van der Waals surface area contributed by atoms with Gasteiger partial charge in [0, 0.05) is 9.89 Å². The van der Waals surface area contributed by atoms with Gasteiger partial charge in [0.2, 0.25) is 0 Å². The molecular formula is C12H12BrClO. The Bertz CT molecular complexity index is 390. The predicted octanol–water partition coefficient (Wildman–Crippen LogP) is 4.48. The fourth-order valence-corrected chi connectivity index (χ4v) is 2.79. The SMILES string of the molecule is CCC1(C(=O)c2c(Cl)cccc2Br)CC1. The van der Waals surface area contributed by atoms with Crippen molar-refractivity contribution in [1.29, 1.82) is 0 Å². The summed E-state index contributed by atoms with van der Waals surface area (Å²) in [6.07, 6.45) is 2.91. The fraction of sp³-hybridized carbons (Fsp3) is 0.417. The van der Waals surface area contributed by atoms with Gasteiger partial charge < -0.3 is 0 Å². The minimum absolute atomic E-state index is 0.118. The Kier molecular flexibility index (Phi) is 2.91. The van der Waals surface area contributed by atoms with Gasteiger partial charge in [0.05, 0.1) is 10.6 Å². The molecule has 0 N–H and O–H groups in total. The van der Waals surface area contributed by atoms with E-state index in [0.29, 0.717) is 10.6 Å². The molecule has 1 aliphatic rings. The number of carbonyl (C=O) groups is 1. The summed E-state index contributed by atoms with van der Waals surface area (Å²) < 4.78 is 0.805. The number of carbonyl (C=O) groups excluding carboxylic acids is 1. The molecule has 0 unspecified atom stereocenters. The van der Waals surface area contributed by atoms with Gasteiger partial charge in [-0.05, 0) is 47.3 Å². The van der Waals surface area contributed by atoms with E-state index in [9.17, 15) is 4.79 Å². The Balaban J connectivity index is 2.42. The van der Waals surface area contributed by atoms with Gasteiger partial charge in [0.25, 0.3) is 0 Å². The molecule has 80 valence electrons. The molecule has 1 saturated carbocycles. The van der Waals surface area contributed by atoms with Crippen LogP contribution in [-0.2, 0) is 0 Å². The Morgan fingerprint density at radius 3 is 2.67 bits per heavy atom. The number of hydrogen-bond donors (Lipinski definition) is 0. The zero-order valence-corrected chi connectivity index (χ0v) is 10.9. The minimum atomic E-state index is -0.118. The van der Waals surface area contributed by atoms with Crippen LogP contribution in [0, 0.1) is 5.41 Å². The lowest BCUT2D eigenvalue weighted by Crippen LogP contribution is -2.16. The first-order valence-corrected chi connectivity index (χ1v) is 6.26. The smallest absolute Gasteiger partial charge is 0.171 e. The van der Waals surface area contributed by atoms with Gasteiger partial charge in [-0.1, -0.05) is 24.6 Å². The molecule has 0 spiro atoms. The summed E-state index contributed by atoms with van der Waals surface area (Å²) in [5.74, 6) is 0.197. The van der Waals surface area contributed by atoms with Crippen molar-refractivity contribution in [3.63, 3.8) is 0 Å². The fourth-order valence-electron chi connectivity index (χ4n) is 1.87. The molecule has 0 aliphatic heterocycles. The third-order valence-corrected chi connectivity index (χ3v) is 4.18. The van der Waals surface area contributed by atoms with Gasteiger partial charge in [-0.25, -0.2) is 0 Å². The van der Waals surface area contributed by atoms with Crippen LogP contribution in [0.1, 0.15) is 36.5 Å². The maximum absolute atomic E-state index is 12.3. The lowest BCUT2D eigenvalue weighted by Gasteiger charge is -2.13. The zero-order valence-electron chi connectivity index (χ0n) is 8.52. The van der Waals surface area contributed by atoms with Gasteiger partial charge in [0.1, 0.15) is 0 Å². The van der Waals surface area contributed by atoms with Crippen molar-refractivity contribution in [1.82, 2.24) is 0 Å². The minimum Gasteiger partial charge on any atom is -0.293 e. The van der Waals surface area contributed by atoms with Crippen LogP contribution in [0.5, 0.6) is 0 Å². The summed E-state index contributed by atoms with van der Waals surface area (Å²) >= 11 is 9.46. The number of Topliss-reactive ketones (excluding diaryl/α,β-unsaturated/α-hetero) is 1. The van der Waals surface area contributed by atoms with Crippen LogP contribution < -0.4 is 0 Å². The van der Waals surface area contributed by atoms with E-state index >= 15 is 0 Å². The molecule has 15 heavy (non-hydrogen) atoms. The Labute approximate surface area is 103 Å². The highest BCUT2D eigenvalue weighted by Gasteiger charge is 2.48. The van der Waals surface area contributed by atoms with E-state index in [0.717, 1.165) is 23.7 Å². The summed E-state index contributed by atoms with van der Waals surface area (Å²) in [5, 5.41) is 0.550. The Morgan fingerprint density at radius 2 is 2.20 bits per heavy atom. The third kappa shape index (κ3) is 1.85. The van der Waals surface area contributed by atoms with Crippen LogP contribution in [0.25, 0.3) is 0 Å². The average Bonchev–Trinajstić information content (AvgIpc) is 2.97. The molecule has 0 radical (unpaired) electrons. The molecule has 1 fully saturated rings. The lowest BCUT2D eigenvalue weighted by atomic mass is 9.92. The number of hydrogen-bond acceptors (Lipinski definition) is 1. The van der Waals surface area contributed by atoms with E-state index in [-0.39, 0.29) is 11.2 Å². The second kappa shape index (κ2) is 3.91. The normalized spacial score (nSPS) is 17.5. The zero-order chi connectivity index (χ0) is 11.1. The van der Waals surface area contributed by atoms with Crippen molar-refractivity contribution in [3.05, 3.63) is 33.3 Å². The highest BCUT2D eigenvalue weighted by molar-refractivity contribution is 9.10. The van der Waals surface area contributed by atoms with Gasteiger partial charge in [-0.15, -0.1) is 0 Å². The molecule has 1 aromatic rings. The second-order valence-electron chi connectivity index (χ2n) is 4.06. The highest BCUT2D eigenvalue weighted by atomic mass is 79.9. The van der Waals surface area contributed by atoms with E-state index < -0.39 is 0 Å². The first-order chi connectivity index (χ1) is 7.10. The molecule has 2 rings (SSSR count). The van der Waals surface area contributed by atoms with Gasteiger partial charge in [-0.3, -0.25) is 4.79 Å². The van der Waals surface area contributed by atoms with Crippen molar-refractivity contribution < 1.29 is 4.79 Å².